The number of halogens is 1. The molecule has 0 bridgehead atoms. The molecule has 0 spiro atoms. The van der Waals surface area contributed by atoms with Gasteiger partial charge in [-0.05, 0) is 31.2 Å². The van der Waals surface area contributed by atoms with Crippen molar-refractivity contribution >= 4 is 17.3 Å². The second-order valence-electron chi connectivity index (χ2n) is 4.56. The lowest BCUT2D eigenvalue weighted by Gasteiger charge is -2.18. The minimum Gasteiger partial charge on any atom is -0.508 e. The van der Waals surface area contributed by atoms with Crippen LogP contribution in [0.5, 0.6) is 5.75 Å². The molecule has 20 heavy (non-hydrogen) atoms. The molecule has 0 atom stereocenters. The third-order valence-corrected chi connectivity index (χ3v) is 3.15. The number of nitrogens with zero attached hydrogens (tertiary/aromatic N) is 1. The molecule has 2 aromatic rings. The first-order valence-corrected chi connectivity index (χ1v) is 6.03. The van der Waals surface area contributed by atoms with Gasteiger partial charge < -0.3 is 15.7 Å². The van der Waals surface area contributed by atoms with Gasteiger partial charge in [-0.25, -0.2) is 4.39 Å². The Morgan fingerprint density at radius 3 is 2.60 bits per heavy atom. The van der Waals surface area contributed by atoms with Crippen molar-refractivity contribution in [3.05, 3.63) is 53.3 Å². The van der Waals surface area contributed by atoms with Gasteiger partial charge in [0.2, 0.25) is 0 Å². The van der Waals surface area contributed by atoms with Crippen LogP contribution >= 0.6 is 0 Å². The molecule has 4 nitrogen and oxygen atoms in total. The van der Waals surface area contributed by atoms with Crippen molar-refractivity contribution in [3.63, 3.8) is 0 Å². The number of amides is 1. The van der Waals surface area contributed by atoms with Gasteiger partial charge in [0.1, 0.15) is 11.6 Å². The fourth-order valence-electron chi connectivity index (χ4n) is 1.84. The van der Waals surface area contributed by atoms with Crippen LogP contribution in [0, 0.1) is 12.7 Å². The van der Waals surface area contributed by atoms with E-state index in [1.54, 1.807) is 26.1 Å². The summed E-state index contributed by atoms with van der Waals surface area (Å²) in [5.41, 5.74) is 6.90. The molecule has 0 aliphatic rings. The van der Waals surface area contributed by atoms with Crippen LogP contribution in [0.4, 0.5) is 15.8 Å². The highest BCUT2D eigenvalue weighted by Gasteiger charge is 2.16. The van der Waals surface area contributed by atoms with E-state index < -0.39 is 11.7 Å². The number of carbonyl (C=O) groups excluding carboxylic acids is 1. The molecule has 0 unspecified atom stereocenters. The van der Waals surface area contributed by atoms with Crippen molar-refractivity contribution in [1.82, 2.24) is 0 Å². The summed E-state index contributed by atoms with van der Waals surface area (Å²) in [5.74, 6) is -0.865. The van der Waals surface area contributed by atoms with Gasteiger partial charge >= 0.3 is 0 Å². The van der Waals surface area contributed by atoms with Crippen molar-refractivity contribution < 1.29 is 14.3 Å². The van der Waals surface area contributed by atoms with E-state index in [-0.39, 0.29) is 17.0 Å². The standard InChI is InChI=1S/C15H15FN2O2/c1-9-13(16)6-10(7-14(9)17)15(20)18(2)11-4-3-5-12(19)8-11/h3-8,19H,17H2,1-2H3. The van der Waals surface area contributed by atoms with Crippen LogP contribution in [-0.4, -0.2) is 18.1 Å². The third-order valence-electron chi connectivity index (χ3n) is 3.15. The number of nitrogen functional groups attached to an aromatic ring is 1. The van der Waals surface area contributed by atoms with E-state index in [2.05, 4.69) is 0 Å². The molecule has 0 aliphatic heterocycles. The summed E-state index contributed by atoms with van der Waals surface area (Å²) < 4.78 is 13.6. The monoisotopic (exact) mass is 274 g/mol. The molecule has 3 N–H and O–H groups in total. The number of hydrogen-bond donors (Lipinski definition) is 2. The van der Waals surface area contributed by atoms with Gasteiger partial charge in [-0.2, -0.15) is 0 Å². The maximum atomic E-state index is 13.6. The number of benzene rings is 2. The Kier molecular flexibility index (Phi) is 3.61. The molecule has 0 radical (unpaired) electrons. The summed E-state index contributed by atoms with van der Waals surface area (Å²) in [6, 6.07) is 8.86. The van der Waals surface area contributed by atoms with E-state index in [1.165, 1.54) is 23.1 Å². The summed E-state index contributed by atoms with van der Waals surface area (Å²) in [5, 5.41) is 9.42. The molecule has 1 amide bonds. The predicted octanol–water partition coefficient (Wildman–Crippen LogP) is 2.70. The second kappa shape index (κ2) is 5.21. The Morgan fingerprint density at radius 1 is 1.30 bits per heavy atom. The Morgan fingerprint density at radius 2 is 2.00 bits per heavy atom. The first kappa shape index (κ1) is 13.9. The van der Waals surface area contributed by atoms with Crippen molar-refractivity contribution in [3.8, 4) is 5.75 Å². The summed E-state index contributed by atoms with van der Waals surface area (Å²) in [7, 11) is 1.55. The van der Waals surface area contributed by atoms with E-state index in [1.807, 2.05) is 0 Å². The quantitative estimate of drug-likeness (QED) is 0.827. The minimum atomic E-state index is -0.516. The lowest BCUT2D eigenvalue weighted by atomic mass is 10.1. The lowest BCUT2D eigenvalue weighted by molar-refractivity contribution is 0.0992. The maximum absolute atomic E-state index is 13.6. The van der Waals surface area contributed by atoms with Crippen LogP contribution in [0.25, 0.3) is 0 Å². The van der Waals surface area contributed by atoms with Crippen molar-refractivity contribution in [2.45, 2.75) is 6.92 Å². The molecule has 0 saturated heterocycles. The van der Waals surface area contributed by atoms with Gasteiger partial charge in [0, 0.05) is 35.6 Å². The molecule has 0 saturated carbocycles. The second-order valence-corrected chi connectivity index (χ2v) is 4.56. The molecule has 0 aromatic heterocycles. The smallest absolute Gasteiger partial charge is 0.258 e. The predicted molar refractivity (Wildman–Crippen MR) is 76.4 cm³/mol. The van der Waals surface area contributed by atoms with Gasteiger partial charge in [0.15, 0.2) is 0 Å². The van der Waals surface area contributed by atoms with Crippen LogP contribution < -0.4 is 10.6 Å². The fraction of sp³-hybridized carbons (Fsp3) is 0.133. The molecule has 0 fully saturated rings. The number of hydrogen-bond acceptors (Lipinski definition) is 3. The van der Waals surface area contributed by atoms with E-state index in [4.69, 9.17) is 5.73 Å². The highest BCUT2D eigenvalue weighted by molar-refractivity contribution is 6.06. The van der Waals surface area contributed by atoms with E-state index >= 15 is 0 Å². The van der Waals surface area contributed by atoms with E-state index in [9.17, 15) is 14.3 Å². The average molecular weight is 274 g/mol. The van der Waals surface area contributed by atoms with Crippen LogP contribution in [0.1, 0.15) is 15.9 Å². The topological polar surface area (TPSA) is 66.6 Å². The number of aromatic hydroxyl groups is 1. The lowest BCUT2D eigenvalue weighted by Crippen LogP contribution is -2.26. The zero-order chi connectivity index (χ0) is 14.9. The Bertz CT molecular complexity index is 648. The number of nitrogens with two attached hydrogens (primary N) is 1. The zero-order valence-electron chi connectivity index (χ0n) is 11.2. The van der Waals surface area contributed by atoms with Gasteiger partial charge in [-0.15, -0.1) is 0 Å². The third kappa shape index (κ3) is 2.56. The van der Waals surface area contributed by atoms with Crippen LogP contribution in [-0.2, 0) is 0 Å². The Balaban J connectivity index is 2.36. The van der Waals surface area contributed by atoms with Crippen molar-refractivity contribution in [2.24, 2.45) is 0 Å². The molecular formula is C15H15FN2O2. The van der Waals surface area contributed by atoms with Gasteiger partial charge in [0.05, 0.1) is 0 Å². The normalized spacial score (nSPS) is 10.3. The fourth-order valence-corrected chi connectivity index (χ4v) is 1.84. The minimum absolute atomic E-state index is 0.0525. The molecule has 0 heterocycles. The average Bonchev–Trinajstić information content (AvgIpc) is 2.42. The van der Waals surface area contributed by atoms with Crippen LogP contribution in [0.15, 0.2) is 36.4 Å². The molecule has 2 aromatic carbocycles. The summed E-state index contributed by atoms with van der Waals surface area (Å²) in [6.45, 7) is 1.55. The van der Waals surface area contributed by atoms with Crippen molar-refractivity contribution in [2.75, 3.05) is 17.7 Å². The SMILES string of the molecule is Cc1c(N)cc(C(=O)N(C)c2cccc(O)c2)cc1F. The first-order chi connectivity index (χ1) is 9.40. The van der Waals surface area contributed by atoms with Crippen LogP contribution in [0.3, 0.4) is 0 Å². The van der Waals surface area contributed by atoms with Gasteiger partial charge in [-0.3, -0.25) is 4.79 Å². The highest BCUT2D eigenvalue weighted by Crippen LogP contribution is 2.23. The Labute approximate surface area is 116 Å². The molecule has 5 heteroatoms. The Hall–Kier alpha value is -2.56. The maximum Gasteiger partial charge on any atom is 0.258 e. The number of anilines is 2. The zero-order valence-corrected chi connectivity index (χ0v) is 11.2. The largest absolute Gasteiger partial charge is 0.508 e. The van der Waals surface area contributed by atoms with Crippen LogP contribution in [0.2, 0.25) is 0 Å². The number of carbonyl (C=O) groups is 1. The first-order valence-electron chi connectivity index (χ1n) is 6.03. The molecule has 104 valence electrons. The highest BCUT2D eigenvalue weighted by atomic mass is 19.1. The van der Waals surface area contributed by atoms with Crippen molar-refractivity contribution in [1.29, 1.82) is 0 Å². The molecular weight excluding hydrogens is 259 g/mol. The molecule has 2 rings (SSSR count). The summed E-state index contributed by atoms with van der Waals surface area (Å²) >= 11 is 0. The number of phenolic OH excluding ortho intramolecular Hbond substituents is 1. The number of rotatable bonds is 2. The van der Waals surface area contributed by atoms with Gasteiger partial charge in [-0.1, -0.05) is 6.07 Å². The molecule has 0 aliphatic carbocycles. The summed E-state index contributed by atoms with van der Waals surface area (Å²) in [6.07, 6.45) is 0. The number of phenols is 1. The van der Waals surface area contributed by atoms with Gasteiger partial charge in [0.25, 0.3) is 5.91 Å². The van der Waals surface area contributed by atoms with E-state index in [0.29, 0.717) is 11.3 Å². The van der Waals surface area contributed by atoms with E-state index in [0.717, 1.165) is 6.07 Å². The summed E-state index contributed by atoms with van der Waals surface area (Å²) in [4.78, 5) is 13.6.